The lowest BCUT2D eigenvalue weighted by molar-refractivity contribution is 1.11. The highest BCUT2D eigenvalue weighted by Gasteiger charge is 2.07. The molecule has 0 N–H and O–H groups in total. The minimum absolute atomic E-state index is 0.752. The van der Waals surface area contributed by atoms with Gasteiger partial charge in [0.15, 0.2) is 0 Å². The van der Waals surface area contributed by atoms with Crippen LogP contribution in [-0.4, -0.2) is 20.1 Å². The molecule has 2 aromatic heterocycles. The molecule has 3 rings (SSSR count). The lowest BCUT2D eigenvalue weighted by atomic mass is 10.1. The topological polar surface area (TPSA) is 30.2 Å². The molecule has 2 heterocycles. The Morgan fingerprint density at radius 1 is 1.21 bits per heavy atom. The van der Waals surface area contributed by atoms with Crippen LogP contribution in [0.25, 0.3) is 16.9 Å². The maximum absolute atomic E-state index is 4.42. The fraction of sp³-hybridized carbons (Fsp3) is 0.200. The summed E-state index contributed by atoms with van der Waals surface area (Å²) in [5.41, 5.74) is 3.34. The Morgan fingerprint density at radius 2 is 2.05 bits per heavy atom. The summed E-state index contributed by atoms with van der Waals surface area (Å²) in [4.78, 5) is 10.1. The summed E-state index contributed by atoms with van der Waals surface area (Å²) in [6, 6.07) is 8.45. The van der Waals surface area contributed by atoms with Crippen LogP contribution in [0.3, 0.4) is 0 Å². The average molecular weight is 269 g/mol. The smallest absolute Gasteiger partial charge is 0.233 e. The number of aryl methyl sites for hydroxylation is 1. The maximum atomic E-state index is 4.42. The normalized spacial score (nSPS) is 11.1. The average Bonchev–Trinajstić information content (AvgIpc) is 2.79. The van der Waals surface area contributed by atoms with Crippen LogP contribution in [-0.2, 0) is 0 Å². The minimum Gasteiger partial charge on any atom is -0.290 e. The molecular weight excluding hydrogens is 254 g/mol. The molecule has 0 aliphatic rings. The van der Waals surface area contributed by atoms with Crippen molar-refractivity contribution in [1.29, 1.82) is 0 Å². The van der Waals surface area contributed by atoms with E-state index in [2.05, 4.69) is 47.4 Å². The number of benzene rings is 1. The van der Waals surface area contributed by atoms with Crippen molar-refractivity contribution in [3.63, 3.8) is 0 Å². The van der Waals surface area contributed by atoms with Crippen molar-refractivity contribution < 1.29 is 0 Å². The monoisotopic (exact) mass is 269 g/mol. The number of hydrogen-bond donors (Lipinski definition) is 0. The van der Waals surface area contributed by atoms with Crippen LogP contribution >= 0.6 is 11.8 Å². The van der Waals surface area contributed by atoms with Gasteiger partial charge in [-0.1, -0.05) is 25.1 Å². The van der Waals surface area contributed by atoms with Gasteiger partial charge in [-0.05, 0) is 24.3 Å². The summed E-state index contributed by atoms with van der Waals surface area (Å²) in [6.45, 7) is 4.15. The van der Waals surface area contributed by atoms with Crippen LogP contribution in [0.5, 0.6) is 0 Å². The Bertz CT molecular complexity index is 718. The van der Waals surface area contributed by atoms with Crippen LogP contribution in [0, 0.1) is 6.92 Å². The zero-order chi connectivity index (χ0) is 13.2. The van der Waals surface area contributed by atoms with Crippen molar-refractivity contribution in [2.45, 2.75) is 18.7 Å². The number of rotatable bonds is 3. The van der Waals surface area contributed by atoms with Crippen molar-refractivity contribution in [2.75, 3.05) is 5.75 Å². The van der Waals surface area contributed by atoms with Crippen LogP contribution in [0.15, 0.2) is 47.8 Å². The summed E-state index contributed by atoms with van der Waals surface area (Å²) in [5, 5.41) is 0. The molecule has 0 fully saturated rings. The Hall–Kier alpha value is -1.81. The highest BCUT2D eigenvalue weighted by molar-refractivity contribution is 7.99. The molecule has 3 aromatic rings. The molecule has 0 aliphatic heterocycles. The van der Waals surface area contributed by atoms with Gasteiger partial charge in [-0.15, -0.1) is 11.8 Å². The number of thioether (sulfide) groups is 1. The second-order valence-corrected chi connectivity index (χ2v) is 5.67. The third-order valence-electron chi connectivity index (χ3n) is 2.93. The molecule has 96 valence electrons. The van der Waals surface area contributed by atoms with Crippen LogP contribution in [0.4, 0.5) is 0 Å². The molecule has 0 amide bonds. The van der Waals surface area contributed by atoms with Gasteiger partial charge >= 0.3 is 0 Å². The van der Waals surface area contributed by atoms with Gasteiger partial charge < -0.3 is 0 Å². The van der Waals surface area contributed by atoms with Crippen LogP contribution < -0.4 is 0 Å². The van der Waals surface area contributed by atoms with E-state index in [-0.39, 0.29) is 0 Å². The number of nitrogens with zero attached hydrogens (tertiary/aromatic N) is 3. The quantitative estimate of drug-likeness (QED) is 0.677. The van der Waals surface area contributed by atoms with E-state index in [1.807, 2.05) is 35.5 Å². The Labute approximate surface area is 116 Å². The first-order valence-electron chi connectivity index (χ1n) is 6.31. The first-order chi connectivity index (χ1) is 9.28. The van der Waals surface area contributed by atoms with Crippen molar-refractivity contribution in [3.8, 4) is 11.1 Å². The number of hydrogen-bond acceptors (Lipinski definition) is 3. The highest BCUT2D eigenvalue weighted by atomic mass is 32.2. The predicted octanol–water partition coefficient (Wildman–Crippen LogP) is 3.82. The van der Waals surface area contributed by atoms with Gasteiger partial charge in [-0.3, -0.25) is 4.40 Å². The van der Waals surface area contributed by atoms with Crippen molar-refractivity contribution in [3.05, 3.63) is 48.5 Å². The number of imidazole rings is 1. The summed E-state index contributed by atoms with van der Waals surface area (Å²) in [5.74, 6) is 1.82. The lowest BCUT2D eigenvalue weighted by Crippen LogP contribution is -1.90. The third-order valence-corrected chi connectivity index (χ3v) is 3.88. The molecular formula is C15H15N3S. The van der Waals surface area contributed by atoms with Crippen LogP contribution in [0.2, 0.25) is 0 Å². The van der Waals surface area contributed by atoms with Gasteiger partial charge in [0.25, 0.3) is 0 Å². The summed E-state index contributed by atoms with van der Waals surface area (Å²) < 4.78 is 1.98. The molecule has 0 aliphatic carbocycles. The zero-order valence-electron chi connectivity index (χ0n) is 11.0. The molecule has 19 heavy (non-hydrogen) atoms. The second-order valence-electron chi connectivity index (χ2n) is 4.36. The van der Waals surface area contributed by atoms with Gasteiger partial charge in [0.2, 0.25) is 5.78 Å². The predicted molar refractivity (Wildman–Crippen MR) is 79.6 cm³/mol. The molecule has 0 spiro atoms. The summed E-state index contributed by atoms with van der Waals surface area (Å²) >= 11 is 1.85. The van der Waals surface area contributed by atoms with Crippen molar-refractivity contribution >= 4 is 17.5 Å². The maximum Gasteiger partial charge on any atom is 0.233 e. The second kappa shape index (κ2) is 5.05. The zero-order valence-corrected chi connectivity index (χ0v) is 11.8. The van der Waals surface area contributed by atoms with E-state index < -0.39 is 0 Å². The number of aromatic nitrogens is 3. The molecule has 3 nitrogen and oxygen atoms in total. The van der Waals surface area contributed by atoms with E-state index in [4.69, 9.17) is 0 Å². The molecule has 1 aromatic carbocycles. The molecule has 4 heteroatoms. The third kappa shape index (κ3) is 2.36. The van der Waals surface area contributed by atoms with Gasteiger partial charge in [-0.25, -0.2) is 9.97 Å². The first kappa shape index (κ1) is 12.2. The van der Waals surface area contributed by atoms with Crippen molar-refractivity contribution in [2.24, 2.45) is 0 Å². The number of fused-ring (bicyclic) bond motifs is 1. The van der Waals surface area contributed by atoms with Gasteiger partial charge in [0.1, 0.15) is 0 Å². The summed E-state index contributed by atoms with van der Waals surface area (Å²) in [7, 11) is 0. The van der Waals surface area contributed by atoms with Gasteiger partial charge in [-0.2, -0.15) is 0 Å². The Kier molecular flexibility index (Phi) is 3.25. The first-order valence-corrected chi connectivity index (χ1v) is 7.30. The van der Waals surface area contributed by atoms with E-state index in [9.17, 15) is 0 Å². The van der Waals surface area contributed by atoms with E-state index in [1.165, 1.54) is 10.5 Å². The molecule has 0 saturated heterocycles. The summed E-state index contributed by atoms with van der Waals surface area (Å²) in [6.07, 6.45) is 6.00. The van der Waals surface area contributed by atoms with E-state index >= 15 is 0 Å². The standard InChI is InChI=1S/C15H15N3S/c1-3-19-14-7-5-4-6-13(14)12-8-16-15-17-11(2)9-18(15)10-12/h4-10H,3H2,1-2H3. The molecule has 0 atom stereocenters. The van der Waals surface area contributed by atoms with Gasteiger partial charge in [0.05, 0.1) is 5.69 Å². The Balaban J connectivity index is 2.13. The Morgan fingerprint density at radius 3 is 2.89 bits per heavy atom. The van der Waals surface area contributed by atoms with E-state index in [0.29, 0.717) is 0 Å². The fourth-order valence-corrected chi connectivity index (χ4v) is 2.96. The molecule has 0 unspecified atom stereocenters. The molecule has 0 saturated carbocycles. The fourth-order valence-electron chi connectivity index (χ4n) is 2.13. The molecule has 0 bridgehead atoms. The van der Waals surface area contributed by atoms with E-state index in [0.717, 1.165) is 22.8 Å². The largest absolute Gasteiger partial charge is 0.290 e. The lowest BCUT2D eigenvalue weighted by Gasteiger charge is -2.08. The SMILES string of the molecule is CCSc1ccccc1-c1cnc2nc(C)cn2c1. The van der Waals surface area contributed by atoms with Crippen LogP contribution in [0.1, 0.15) is 12.6 Å². The van der Waals surface area contributed by atoms with Gasteiger partial charge in [0, 0.05) is 29.0 Å². The highest BCUT2D eigenvalue weighted by Crippen LogP contribution is 2.30. The van der Waals surface area contributed by atoms with Crippen molar-refractivity contribution in [1.82, 2.24) is 14.4 Å². The minimum atomic E-state index is 0.752. The van der Waals surface area contributed by atoms with E-state index in [1.54, 1.807) is 0 Å². The molecule has 0 radical (unpaired) electrons.